The first-order chi connectivity index (χ1) is 8.88. The summed E-state index contributed by atoms with van der Waals surface area (Å²) in [4.78, 5) is 2.38. The summed E-state index contributed by atoms with van der Waals surface area (Å²) in [6.07, 6.45) is 3.37. The molecule has 1 saturated heterocycles. The molecule has 110 valence electrons. The van der Waals surface area contributed by atoms with E-state index in [-0.39, 0.29) is 0 Å². The topological polar surface area (TPSA) is 48.3 Å². The van der Waals surface area contributed by atoms with Crippen LogP contribution < -0.4 is 5.32 Å². The largest absolute Gasteiger partial charge is 0.377 e. The number of hydrogen-bond donors (Lipinski definition) is 1. The fourth-order valence-electron chi connectivity index (χ4n) is 2.94. The van der Waals surface area contributed by atoms with Crippen molar-refractivity contribution in [1.29, 1.82) is 5.26 Å². The van der Waals surface area contributed by atoms with Crippen molar-refractivity contribution in [2.75, 3.05) is 20.2 Å². The zero-order valence-electron chi connectivity index (χ0n) is 13.1. The molecule has 0 aliphatic carbocycles. The molecule has 3 unspecified atom stereocenters. The minimum absolute atomic E-state index is 0.334. The predicted molar refractivity (Wildman–Crippen MR) is 78.0 cm³/mol. The molecule has 0 aromatic rings. The summed E-state index contributed by atoms with van der Waals surface area (Å²) >= 11 is 0. The van der Waals surface area contributed by atoms with Gasteiger partial charge in [0.25, 0.3) is 0 Å². The first kappa shape index (κ1) is 16.4. The molecule has 1 rings (SSSR count). The van der Waals surface area contributed by atoms with Crippen LogP contribution in [-0.2, 0) is 4.74 Å². The van der Waals surface area contributed by atoms with Crippen LogP contribution in [0.15, 0.2) is 0 Å². The van der Waals surface area contributed by atoms with Gasteiger partial charge < -0.3 is 9.64 Å². The van der Waals surface area contributed by atoms with Crippen molar-refractivity contribution in [3.63, 3.8) is 0 Å². The van der Waals surface area contributed by atoms with E-state index < -0.39 is 5.54 Å². The van der Waals surface area contributed by atoms with Crippen molar-refractivity contribution in [3.05, 3.63) is 0 Å². The van der Waals surface area contributed by atoms with E-state index >= 15 is 0 Å². The fraction of sp³-hybridized carbons (Fsp3) is 0.933. The maximum Gasteiger partial charge on any atom is 0.104 e. The Morgan fingerprint density at radius 3 is 2.68 bits per heavy atom. The Kier molecular flexibility index (Phi) is 6.25. The van der Waals surface area contributed by atoms with E-state index in [2.05, 4.69) is 44.1 Å². The molecule has 1 aliphatic rings. The second kappa shape index (κ2) is 7.23. The molecule has 0 aromatic carbocycles. The van der Waals surface area contributed by atoms with Gasteiger partial charge in [0.2, 0.25) is 0 Å². The fourth-order valence-corrected chi connectivity index (χ4v) is 2.94. The Morgan fingerprint density at radius 2 is 2.21 bits per heavy atom. The molecule has 19 heavy (non-hydrogen) atoms. The summed E-state index contributed by atoms with van der Waals surface area (Å²) in [7, 11) is 2.16. The van der Waals surface area contributed by atoms with Gasteiger partial charge in [0, 0.05) is 18.7 Å². The predicted octanol–water partition coefficient (Wildman–Crippen LogP) is 2.16. The smallest absolute Gasteiger partial charge is 0.104 e. The molecule has 4 nitrogen and oxygen atoms in total. The second-order valence-electron chi connectivity index (χ2n) is 6.26. The zero-order valence-corrected chi connectivity index (χ0v) is 13.1. The van der Waals surface area contributed by atoms with E-state index in [4.69, 9.17) is 4.74 Å². The molecule has 0 aromatic heterocycles. The Morgan fingerprint density at radius 1 is 1.53 bits per heavy atom. The molecule has 0 amide bonds. The summed E-state index contributed by atoms with van der Waals surface area (Å²) in [5, 5.41) is 12.7. The van der Waals surface area contributed by atoms with Crippen molar-refractivity contribution in [2.24, 2.45) is 0 Å². The second-order valence-corrected chi connectivity index (χ2v) is 6.26. The van der Waals surface area contributed by atoms with E-state index in [1.807, 2.05) is 6.92 Å². The minimum Gasteiger partial charge on any atom is -0.377 e. The van der Waals surface area contributed by atoms with Gasteiger partial charge in [0.1, 0.15) is 5.54 Å². The minimum atomic E-state index is -0.410. The average Bonchev–Trinajstić information content (AvgIpc) is 2.74. The van der Waals surface area contributed by atoms with Crippen LogP contribution in [0.25, 0.3) is 0 Å². The van der Waals surface area contributed by atoms with E-state index in [9.17, 15) is 5.26 Å². The molecule has 4 heteroatoms. The van der Waals surface area contributed by atoms with Crippen LogP contribution in [0.1, 0.15) is 47.0 Å². The summed E-state index contributed by atoms with van der Waals surface area (Å²) in [5.41, 5.74) is -0.410. The first-order valence-corrected chi connectivity index (χ1v) is 7.39. The lowest BCUT2D eigenvalue weighted by atomic mass is 9.96. The molecule has 1 heterocycles. The molecule has 1 aliphatic heterocycles. The maximum atomic E-state index is 9.31. The highest BCUT2D eigenvalue weighted by atomic mass is 16.5. The Bertz CT molecular complexity index is 313. The number of nitriles is 1. The van der Waals surface area contributed by atoms with Gasteiger partial charge in [-0.3, -0.25) is 5.32 Å². The molecule has 3 atom stereocenters. The van der Waals surface area contributed by atoms with Crippen molar-refractivity contribution in [3.8, 4) is 6.07 Å². The van der Waals surface area contributed by atoms with E-state index in [0.717, 1.165) is 32.4 Å². The molecular weight excluding hydrogens is 238 g/mol. The average molecular weight is 267 g/mol. The van der Waals surface area contributed by atoms with Crippen molar-refractivity contribution >= 4 is 0 Å². The summed E-state index contributed by atoms with van der Waals surface area (Å²) in [5.74, 6) is 0. The third-order valence-electron chi connectivity index (χ3n) is 3.94. The molecule has 1 N–H and O–H groups in total. The highest BCUT2D eigenvalue weighted by molar-refractivity contribution is 5.04. The number of nitrogens with zero attached hydrogens (tertiary/aromatic N) is 2. The number of rotatable bonds is 7. The Balaban J connectivity index is 2.34. The van der Waals surface area contributed by atoms with Gasteiger partial charge in [-0.25, -0.2) is 0 Å². The quantitative estimate of drug-likeness (QED) is 0.768. The van der Waals surface area contributed by atoms with E-state index in [1.165, 1.54) is 0 Å². The van der Waals surface area contributed by atoms with Crippen LogP contribution in [0.3, 0.4) is 0 Å². The standard InChI is InChI=1S/C15H29N3O/c1-12(2)17-15(4,11-16)8-6-9-18(5)14-7-10-19-13(14)3/h12-14,17H,6-10H2,1-5H3. The lowest BCUT2D eigenvalue weighted by Crippen LogP contribution is -2.45. The van der Waals surface area contributed by atoms with Gasteiger partial charge in [0.05, 0.1) is 12.2 Å². The highest BCUT2D eigenvalue weighted by Gasteiger charge is 2.28. The summed E-state index contributed by atoms with van der Waals surface area (Å²) in [6, 6.07) is 3.28. The van der Waals surface area contributed by atoms with Crippen LogP contribution in [0.5, 0.6) is 0 Å². The third kappa shape index (κ3) is 5.10. The summed E-state index contributed by atoms with van der Waals surface area (Å²) < 4.78 is 5.60. The van der Waals surface area contributed by atoms with Gasteiger partial charge in [-0.1, -0.05) is 0 Å². The Hall–Kier alpha value is -0.630. The van der Waals surface area contributed by atoms with Gasteiger partial charge >= 0.3 is 0 Å². The Labute approximate surface area is 118 Å². The normalized spacial score (nSPS) is 26.6. The zero-order chi connectivity index (χ0) is 14.5. The number of ether oxygens (including phenoxy) is 1. The number of likely N-dealkylation sites (N-methyl/N-ethyl adjacent to an activating group) is 1. The SMILES string of the molecule is CC(C)NC(C)(C#N)CCCN(C)C1CCOC1C. The third-order valence-corrected chi connectivity index (χ3v) is 3.94. The van der Waals surface area contributed by atoms with Gasteiger partial charge in [0.15, 0.2) is 0 Å². The lowest BCUT2D eigenvalue weighted by Gasteiger charge is -2.29. The van der Waals surface area contributed by atoms with E-state index in [0.29, 0.717) is 18.2 Å². The monoisotopic (exact) mass is 267 g/mol. The van der Waals surface area contributed by atoms with E-state index in [1.54, 1.807) is 0 Å². The van der Waals surface area contributed by atoms with Crippen LogP contribution in [0, 0.1) is 11.3 Å². The summed E-state index contributed by atoms with van der Waals surface area (Å²) in [6.45, 7) is 10.2. The number of hydrogen-bond acceptors (Lipinski definition) is 4. The lowest BCUT2D eigenvalue weighted by molar-refractivity contribution is 0.0826. The molecule has 0 bridgehead atoms. The first-order valence-electron chi connectivity index (χ1n) is 7.39. The van der Waals surface area contributed by atoms with Gasteiger partial charge in [-0.2, -0.15) is 5.26 Å². The molecule has 0 saturated carbocycles. The number of nitrogens with one attached hydrogen (secondary N) is 1. The molecule has 0 spiro atoms. The van der Waals surface area contributed by atoms with Gasteiger partial charge in [-0.15, -0.1) is 0 Å². The molecular formula is C15H29N3O. The van der Waals surface area contributed by atoms with Crippen molar-refractivity contribution in [2.45, 2.75) is 70.7 Å². The van der Waals surface area contributed by atoms with Crippen LogP contribution in [0.2, 0.25) is 0 Å². The maximum absolute atomic E-state index is 9.31. The van der Waals surface area contributed by atoms with Crippen LogP contribution in [-0.4, -0.2) is 48.8 Å². The molecule has 1 fully saturated rings. The highest BCUT2D eigenvalue weighted by Crippen LogP contribution is 2.19. The molecule has 0 radical (unpaired) electrons. The van der Waals surface area contributed by atoms with Crippen LogP contribution >= 0.6 is 0 Å². The van der Waals surface area contributed by atoms with Gasteiger partial charge in [-0.05, 0) is 60.5 Å². The van der Waals surface area contributed by atoms with Crippen LogP contribution in [0.4, 0.5) is 0 Å². The van der Waals surface area contributed by atoms with Crippen molar-refractivity contribution in [1.82, 2.24) is 10.2 Å². The van der Waals surface area contributed by atoms with Crippen molar-refractivity contribution < 1.29 is 4.74 Å².